The summed E-state index contributed by atoms with van der Waals surface area (Å²) in [5, 5.41) is 4.21. The number of hydrogen-bond acceptors (Lipinski definition) is 4. The highest BCUT2D eigenvalue weighted by atomic mass is 79.9. The first kappa shape index (κ1) is 16.8. The summed E-state index contributed by atoms with van der Waals surface area (Å²) in [7, 11) is 0. The van der Waals surface area contributed by atoms with Crippen molar-refractivity contribution in [3.8, 4) is 11.6 Å². The zero-order valence-electron chi connectivity index (χ0n) is 14.0. The molecule has 1 fully saturated rings. The number of hydrogen-bond donors (Lipinski definition) is 0. The molecule has 0 unspecified atom stereocenters. The van der Waals surface area contributed by atoms with Crippen LogP contribution in [-0.2, 0) is 0 Å². The van der Waals surface area contributed by atoms with Crippen LogP contribution in [0.25, 0.3) is 5.69 Å². The molecule has 0 radical (unpaired) electrons. The summed E-state index contributed by atoms with van der Waals surface area (Å²) in [6.45, 7) is 1.22. The topological polar surface area (TPSA) is 60.2 Å². The van der Waals surface area contributed by atoms with Crippen molar-refractivity contribution in [2.45, 2.75) is 12.5 Å². The Morgan fingerprint density at radius 1 is 1.19 bits per heavy atom. The van der Waals surface area contributed by atoms with Gasteiger partial charge in [0.15, 0.2) is 0 Å². The van der Waals surface area contributed by atoms with E-state index in [0.717, 1.165) is 16.6 Å². The maximum atomic E-state index is 12.8. The Balaban J connectivity index is 1.45. The number of aromatic nitrogens is 3. The fraction of sp³-hybridized carbons (Fsp3) is 0.211. The lowest BCUT2D eigenvalue weighted by atomic mass is 10.2. The van der Waals surface area contributed by atoms with Gasteiger partial charge in [0.2, 0.25) is 5.88 Å². The molecule has 1 aliphatic rings. The predicted octanol–water partition coefficient (Wildman–Crippen LogP) is 3.32. The smallest absolute Gasteiger partial charge is 0.254 e. The number of likely N-dealkylation sites (tertiary alicyclic amines) is 1. The van der Waals surface area contributed by atoms with Crippen LogP contribution in [0.1, 0.15) is 16.8 Å². The Kier molecular flexibility index (Phi) is 4.71. The minimum Gasteiger partial charge on any atom is -0.472 e. The van der Waals surface area contributed by atoms with Gasteiger partial charge in [0.05, 0.1) is 16.7 Å². The second-order valence-electron chi connectivity index (χ2n) is 6.07. The average Bonchev–Trinajstić information content (AvgIpc) is 3.35. The van der Waals surface area contributed by atoms with Crippen molar-refractivity contribution in [1.82, 2.24) is 19.7 Å². The molecular formula is C19H17BrN4O2. The van der Waals surface area contributed by atoms with Gasteiger partial charge in [-0.1, -0.05) is 6.07 Å². The number of carbonyl (C=O) groups excluding carboxylic acids is 1. The Hall–Kier alpha value is -2.67. The van der Waals surface area contributed by atoms with E-state index < -0.39 is 0 Å². The summed E-state index contributed by atoms with van der Waals surface area (Å²) in [6.07, 6.45) is 5.99. The molecule has 2 aromatic heterocycles. The second kappa shape index (κ2) is 7.29. The third-order valence-electron chi connectivity index (χ3n) is 4.30. The van der Waals surface area contributed by atoms with Crippen LogP contribution >= 0.6 is 15.9 Å². The maximum absolute atomic E-state index is 12.8. The van der Waals surface area contributed by atoms with Crippen molar-refractivity contribution in [3.05, 3.63) is 71.1 Å². The van der Waals surface area contributed by atoms with Crippen molar-refractivity contribution in [3.63, 3.8) is 0 Å². The van der Waals surface area contributed by atoms with Crippen molar-refractivity contribution >= 4 is 21.8 Å². The van der Waals surface area contributed by atoms with Gasteiger partial charge in [0.25, 0.3) is 5.91 Å². The molecule has 6 nitrogen and oxygen atoms in total. The lowest BCUT2D eigenvalue weighted by Gasteiger charge is -2.17. The van der Waals surface area contributed by atoms with Gasteiger partial charge in [-0.25, -0.2) is 9.67 Å². The van der Waals surface area contributed by atoms with Gasteiger partial charge < -0.3 is 9.64 Å². The number of pyridine rings is 1. The molecule has 0 spiro atoms. The van der Waals surface area contributed by atoms with E-state index in [-0.39, 0.29) is 12.0 Å². The van der Waals surface area contributed by atoms with E-state index in [1.807, 2.05) is 53.6 Å². The summed E-state index contributed by atoms with van der Waals surface area (Å²) in [5.74, 6) is 0.567. The summed E-state index contributed by atoms with van der Waals surface area (Å²) < 4.78 is 8.50. The first-order valence-electron chi connectivity index (χ1n) is 8.37. The standard InChI is InChI=1S/C19H17BrN4O2/c20-17-6-2-8-21-18(17)26-16-7-11-23(13-16)19(25)14-4-1-5-15(12-14)24-10-3-9-22-24/h1-6,8-10,12,16H,7,11,13H2/t16-/m1/s1. The number of amides is 1. The Morgan fingerprint density at radius 2 is 2.12 bits per heavy atom. The lowest BCUT2D eigenvalue weighted by molar-refractivity contribution is 0.0771. The van der Waals surface area contributed by atoms with Gasteiger partial charge in [-0.3, -0.25) is 4.79 Å². The first-order chi connectivity index (χ1) is 12.7. The molecule has 26 heavy (non-hydrogen) atoms. The number of ether oxygens (including phenoxy) is 1. The molecule has 4 rings (SSSR count). The van der Waals surface area contributed by atoms with E-state index in [2.05, 4.69) is 26.0 Å². The molecule has 3 aromatic rings. The molecule has 1 atom stereocenters. The van der Waals surface area contributed by atoms with Crippen LogP contribution in [0.15, 0.2) is 65.5 Å². The van der Waals surface area contributed by atoms with Crippen molar-refractivity contribution in [2.75, 3.05) is 13.1 Å². The molecule has 0 bridgehead atoms. The summed E-state index contributed by atoms with van der Waals surface area (Å²) in [4.78, 5) is 18.9. The van der Waals surface area contributed by atoms with Crippen LogP contribution in [0.2, 0.25) is 0 Å². The van der Waals surface area contributed by atoms with E-state index in [4.69, 9.17) is 4.74 Å². The largest absolute Gasteiger partial charge is 0.472 e. The molecule has 3 heterocycles. The number of benzene rings is 1. The van der Waals surface area contributed by atoms with Gasteiger partial charge >= 0.3 is 0 Å². The first-order valence-corrected chi connectivity index (χ1v) is 9.16. The van der Waals surface area contributed by atoms with Gasteiger partial charge in [-0.05, 0) is 52.3 Å². The SMILES string of the molecule is O=C(c1cccc(-n2cccn2)c1)N1CC[C@@H](Oc2ncccc2Br)C1. The summed E-state index contributed by atoms with van der Waals surface area (Å²) in [5.41, 5.74) is 1.52. The predicted molar refractivity (Wildman–Crippen MR) is 100 cm³/mol. The third-order valence-corrected chi connectivity index (χ3v) is 4.90. The van der Waals surface area contributed by atoms with Crippen LogP contribution in [0, 0.1) is 0 Å². The van der Waals surface area contributed by atoms with E-state index in [1.54, 1.807) is 17.1 Å². The minimum absolute atomic E-state index is 0.00481. The van der Waals surface area contributed by atoms with E-state index in [0.29, 0.717) is 24.5 Å². The normalized spacial score (nSPS) is 16.7. The van der Waals surface area contributed by atoms with Gasteiger partial charge in [-0.15, -0.1) is 0 Å². The average molecular weight is 413 g/mol. The summed E-state index contributed by atoms with van der Waals surface area (Å²) in [6, 6.07) is 13.1. The van der Waals surface area contributed by atoms with Crippen molar-refractivity contribution in [1.29, 1.82) is 0 Å². The highest BCUT2D eigenvalue weighted by molar-refractivity contribution is 9.10. The molecule has 0 saturated carbocycles. The zero-order valence-corrected chi connectivity index (χ0v) is 15.5. The highest BCUT2D eigenvalue weighted by Gasteiger charge is 2.29. The van der Waals surface area contributed by atoms with Crippen molar-refractivity contribution in [2.24, 2.45) is 0 Å². The molecule has 0 aliphatic carbocycles. The Labute approximate surface area is 159 Å². The Bertz CT molecular complexity index is 913. The molecule has 132 valence electrons. The molecule has 1 amide bonds. The number of carbonyl (C=O) groups is 1. The fourth-order valence-corrected chi connectivity index (χ4v) is 3.36. The van der Waals surface area contributed by atoms with Crippen LogP contribution in [-0.4, -0.2) is 44.8 Å². The number of halogens is 1. The van der Waals surface area contributed by atoms with E-state index in [1.165, 1.54) is 0 Å². The van der Waals surface area contributed by atoms with Crippen molar-refractivity contribution < 1.29 is 9.53 Å². The number of nitrogens with zero attached hydrogens (tertiary/aromatic N) is 4. The van der Waals surface area contributed by atoms with E-state index in [9.17, 15) is 4.79 Å². The quantitative estimate of drug-likeness (QED) is 0.659. The summed E-state index contributed by atoms with van der Waals surface area (Å²) >= 11 is 3.43. The third kappa shape index (κ3) is 3.48. The fourth-order valence-electron chi connectivity index (χ4n) is 3.01. The second-order valence-corrected chi connectivity index (χ2v) is 6.93. The molecule has 1 aromatic carbocycles. The van der Waals surface area contributed by atoms with Gasteiger partial charge in [0, 0.05) is 37.1 Å². The minimum atomic E-state index is -0.0561. The molecule has 7 heteroatoms. The highest BCUT2D eigenvalue weighted by Crippen LogP contribution is 2.25. The lowest BCUT2D eigenvalue weighted by Crippen LogP contribution is -2.31. The molecule has 1 saturated heterocycles. The van der Waals surface area contributed by atoms with Crippen LogP contribution in [0.4, 0.5) is 0 Å². The van der Waals surface area contributed by atoms with Gasteiger partial charge in [0.1, 0.15) is 6.10 Å². The van der Waals surface area contributed by atoms with Crippen LogP contribution in [0.5, 0.6) is 5.88 Å². The zero-order chi connectivity index (χ0) is 17.9. The monoisotopic (exact) mass is 412 g/mol. The number of rotatable bonds is 4. The molecule has 1 aliphatic heterocycles. The molecule has 0 N–H and O–H groups in total. The van der Waals surface area contributed by atoms with Gasteiger partial charge in [-0.2, -0.15) is 5.10 Å². The maximum Gasteiger partial charge on any atom is 0.254 e. The van der Waals surface area contributed by atoms with Crippen LogP contribution in [0.3, 0.4) is 0 Å². The van der Waals surface area contributed by atoms with E-state index >= 15 is 0 Å². The Morgan fingerprint density at radius 3 is 2.92 bits per heavy atom. The van der Waals surface area contributed by atoms with Crippen LogP contribution < -0.4 is 4.74 Å². The molecular weight excluding hydrogens is 396 g/mol.